The molecule has 2 atom stereocenters. The van der Waals surface area contributed by atoms with Crippen LogP contribution in [0.3, 0.4) is 0 Å². The fourth-order valence-electron chi connectivity index (χ4n) is 3.02. The van der Waals surface area contributed by atoms with Gasteiger partial charge in [-0.15, -0.1) is 12.4 Å². The van der Waals surface area contributed by atoms with Crippen molar-refractivity contribution in [3.63, 3.8) is 0 Å². The van der Waals surface area contributed by atoms with Crippen molar-refractivity contribution in [2.75, 3.05) is 13.1 Å². The number of halogens is 1. The topological polar surface area (TPSA) is 71.1 Å². The first-order valence-corrected chi connectivity index (χ1v) is 9.13. The van der Waals surface area contributed by atoms with Gasteiger partial charge in [0.05, 0.1) is 10.4 Å². The molecule has 2 heterocycles. The molecular formula is C16H22ClN3O2S. The van der Waals surface area contributed by atoms with Crippen LogP contribution >= 0.6 is 12.4 Å². The summed E-state index contributed by atoms with van der Waals surface area (Å²) < 4.78 is 28.3. The molecule has 0 spiro atoms. The van der Waals surface area contributed by atoms with Crippen LogP contribution in [0.1, 0.15) is 19.8 Å². The number of pyridine rings is 1. The predicted molar refractivity (Wildman–Crippen MR) is 94.4 cm³/mol. The van der Waals surface area contributed by atoms with Crippen molar-refractivity contribution in [1.82, 2.24) is 15.0 Å². The van der Waals surface area contributed by atoms with Crippen LogP contribution in [0.5, 0.6) is 0 Å². The molecule has 1 fully saturated rings. The monoisotopic (exact) mass is 355 g/mol. The number of aromatic nitrogens is 1. The number of fused-ring (bicyclic) bond motifs is 1. The summed E-state index contributed by atoms with van der Waals surface area (Å²) in [5.74, 6) is 0.330. The number of benzene rings is 1. The highest BCUT2D eigenvalue weighted by molar-refractivity contribution is 7.89. The molecule has 3 rings (SSSR count). The molecule has 1 saturated heterocycles. The van der Waals surface area contributed by atoms with Gasteiger partial charge in [-0.3, -0.25) is 4.98 Å². The Bertz CT molecular complexity index is 756. The normalized spacial score (nSPS) is 20.0. The minimum absolute atomic E-state index is 0. The molecule has 23 heavy (non-hydrogen) atoms. The minimum atomic E-state index is -3.55. The highest BCUT2D eigenvalue weighted by atomic mass is 35.5. The first kappa shape index (κ1) is 18.1. The van der Waals surface area contributed by atoms with E-state index in [4.69, 9.17) is 0 Å². The van der Waals surface area contributed by atoms with E-state index in [-0.39, 0.29) is 18.4 Å². The van der Waals surface area contributed by atoms with Gasteiger partial charge in [0.25, 0.3) is 0 Å². The Morgan fingerprint density at radius 2 is 2.13 bits per heavy atom. The molecule has 0 amide bonds. The van der Waals surface area contributed by atoms with Crippen molar-refractivity contribution in [1.29, 1.82) is 0 Å². The van der Waals surface area contributed by atoms with Gasteiger partial charge >= 0.3 is 0 Å². The Kier molecular flexibility index (Phi) is 5.97. The Morgan fingerprint density at radius 1 is 1.30 bits per heavy atom. The van der Waals surface area contributed by atoms with Gasteiger partial charge in [0.1, 0.15) is 0 Å². The van der Waals surface area contributed by atoms with E-state index in [1.165, 1.54) is 0 Å². The third-order valence-corrected chi connectivity index (χ3v) is 5.90. The summed E-state index contributed by atoms with van der Waals surface area (Å²) >= 11 is 0. The van der Waals surface area contributed by atoms with Crippen LogP contribution in [0, 0.1) is 5.92 Å². The lowest BCUT2D eigenvalue weighted by Gasteiger charge is -2.28. The van der Waals surface area contributed by atoms with Gasteiger partial charge in [-0.1, -0.05) is 6.07 Å². The molecule has 0 bridgehead atoms. The van der Waals surface area contributed by atoms with Gasteiger partial charge in [-0.25, -0.2) is 13.1 Å². The molecule has 2 aromatic rings. The maximum atomic E-state index is 12.7. The van der Waals surface area contributed by atoms with E-state index in [0.717, 1.165) is 25.9 Å². The molecule has 0 saturated carbocycles. The van der Waals surface area contributed by atoms with E-state index in [1.807, 2.05) is 13.0 Å². The van der Waals surface area contributed by atoms with Crippen molar-refractivity contribution in [3.05, 3.63) is 36.5 Å². The summed E-state index contributed by atoms with van der Waals surface area (Å²) in [6.45, 7) is 3.82. The zero-order chi connectivity index (χ0) is 15.6. The second-order valence-corrected chi connectivity index (χ2v) is 7.53. The fourth-order valence-corrected chi connectivity index (χ4v) is 4.55. The van der Waals surface area contributed by atoms with Gasteiger partial charge in [0.15, 0.2) is 0 Å². The molecule has 1 aliphatic heterocycles. The molecule has 1 aliphatic rings. The Labute approximate surface area is 143 Å². The summed E-state index contributed by atoms with van der Waals surface area (Å²) in [5, 5.41) is 3.98. The molecule has 2 unspecified atom stereocenters. The largest absolute Gasteiger partial charge is 0.316 e. The number of piperidine rings is 1. The molecule has 1 aromatic heterocycles. The van der Waals surface area contributed by atoms with Gasteiger partial charge in [-0.05, 0) is 63.0 Å². The van der Waals surface area contributed by atoms with Crippen LogP contribution in [0.4, 0.5) is 0 Å². The maximum Gasteiger partial charge on any atom is 0.241 e. The molecule has 2 N–H and O–H groups in total. The fraction of sp³-hybridized carbons (Fsp3) is 0.438. The molecule has 0 radical (unpaired) electrons. The number of nitrogens with zero attached hydrogens (tertiary/aromatic N) is 1. The third kappa shape index (κ3) is 4.01. The standard InChI is InChI=1S/C16H21N3O2S.ClH/c1-12(13-5-3-9-17-11-13)19-22(20,21)16-8-2-7-15-14(16)6-4-10-18-15;/h2,4,6-8,10,12-13,17,19H,3,5,9,11H2,1H3;1H. The second-order valence-electron chi connectivity index (χ2n) is 5.84. The van der Waals surface area contributed by atoms with Gasteiger partial charge in [0.2, 0.25) is 10.0 Å². The number of hydrogen-bond acceptors (Lipinski definition) is 4. The van der Waals surface area contributed by atoms with Crippen molar-refractivity contribution in [3.8, 4) is 0 Å². The summed E-state index contributed by atoms with van der Waals surface area (Å²) in [4.78, 5) is 4.52. The van der Waals surface area contributed by atoms with Crippen molar-refractivity contribution in [2.24, 2.45) is 5.92 Å². The van der Waals surface area contributed by atoms with Crippen LogP contribution in [0.25, 0.3) is 10.9 Å². The van der Waals surface area contributed by atoms with Crippen LogP contribution in [0.15, 0.2) is 41.4 Å². The predicted octanol–water partition coefficient (Wildman–Crippen LogP) is 2.32. The average molecular weight is 356 g/mol. The summed E-state index contributed by atoms with van der Waals surface area (Å²) in [6, 6.07) is 8.65. The molecular weight excluding hydrogens is 334 g/mol. The summed E-state index contributed by atoms with van der Waals surface area (Å²) in [7, 11) is -3.55. The molecule has 0 aliphatic carbocycles. The van der Waals surface area contributed by atoms with E-state index < -0.39 is 10.0 Å². The maximum absolute atomic E-state index is 12.7. The zero-order valence-corrected chi connectivity index (χ0v) is 14.7. The third-order valence-electron chi connectivity index (χ3n) is 4.28. The number of rotatable bonds is 4. The summed E-state index contributed by atoms with van der Waals surface area (Å²) in [6.07, 6.45) is 3.81. The smallest absolute Gasteiger partial charge is 0.241 e. The van der Waals surface area contributed by atoms with Gasteiger partial charge < -0.3 is 5.32 Å². The van der Waals surface area contributed by atoms with Crippen molar-refractivity contribution >= 4 is 33.3 Å². The second kappa shape index (κ2) is 7.57. The Hall–Kier alpha value is -1.21. The average Bonchev–Trinajstić information content (AvgIpc) is 2.54. The SMILES string of the molecule is CC(NS(=O)(=O)c1cccc2ncccc12)C1CCCNC1.Cl. The Morgan fingerprint density at radius 3 is 2.87 bits per heavy atom. The molecule has 7 heteroatoms. The zero-order valence-electron chi connectivity index (χ0n) is 13.0. The minimum Gasteiger partial charge on any atom is -0.316 e. The number of sulfonamides is 1. The molecule has 5 nitrogen and oxygen atoms in total. The first-order chi connectivity index (χ1) is 10.6. The quantitative estimate of drug-likeness (QED) is 0.883. The van der Waals surface area contributed by atoms with Gasteiger partial charge in [0, 0.05) is 17.6 Å². The molecule has 126 valence electrons. The summed E-state index contributed by atoms with van der Waals surface area (Å²) in [5.41, 5.74) is 0.692. The van der Waals surface area contributed by atoms with E-state index in [0.29, 0.717) is 21.7 Å². The lowest BCUT2D eigenvalue weighted by molar-refractivity contribution is 0.320. The van der Waals surface area contributed by atoms with Gasteiger partial charge in [-0.2, -0.15) is 0 Å². The van der Waals surface area contributed by atoms with Crippen molar-refractivity contribution in [2.45, 2.75) is 30.7 Å². The van der Waals surface area contributed by atoms with Crippen LogP contribution in [0.2, 0.25) is 0 Å². The van der Waals surface area contributed by atoms with E-state index in [1.54, 1.807) is 30.5 Å². The van der Waals surface area contributed by atoms with Crippen LogP contribution < -0.4 is 10.0 Å². The molecule has 1 aromatic carbocycles. The van der Waals surface area contributed by atoms with Crippen LogP contribution in [-0.4, -0.2) is 32.5 Å². The lowest BCUT2D eigenvalue weighted by atomic mass is 9.94. The highest BCUT2D eigenvalue weighted by Crippen LogP contribution is 2.23. The van der Waals surface area contributed by atoms with E-state index in [9.17, 15) is 8.42 Å². The van der Waals surface area contributed by atoms with E-state index in [2.05, 4.69) is 15.0 Å². The first-order valence-electron chi connectivity index (χ1n) is 7.65. The Balaban J connectivity index is 0.00000192. The highest BCUT2D eigenvalue weighted by Gasteiger charge is 2.26. The lowest BCUT2D eigenvalue weighted by Crippen LogP contribution is -2.44. The van der Waals surface area contributed by atoms with E-state index >= 15 is 0 Å². The number of hydrogen-bond donors (Lipinski definition) is 2. The van der Waals surface area contributed by atoms with Crippen LogP contribution in [-0.2, 0) is 10.0 Å². The number of nitrogens with one attached hydrogen (secondary N) is 2. The van der Waals surface area contributed by atoms with Crippen molar-refractivity contribution < 1.29 is 8.42 Å².